The zero-order valence-electron chi connectivity index (χ0n) is 22.8. The van der Waals surface area contributed by atoms with Gasteiger partial charge in [0.2, 0.25) is 0 Å². The zero-order valence-corrected chi connectivity index (χ0v) is 23.5. The molecule has 16 heteroatoms. The number of ether oxygens (including phenoxy) is 1. The van der Waals surface area contributed by atoms with Gasteiger partial charge in [-0.25, -0.2) is 19.1 Å². The molecule has 4 N–H and O–H groups in total. The van der Waals surface area contributed by atoms with Crippen LogP contribution in [0.15, 0.2) is 59.5 Å². The van der Waals surface area contributed by atoms with Crippen molar-refractivity contribution in [3.8, 4) is 0 Å². The lowest BCUT2D eigenvalue weighted by atomic mass is 10.2. The summed E-state index contributed by atoms with van der Waals surface area (Å²) in [6.45, 7) is 3.61. The molecule has 4 rings (SSSR count). The van der Waals surface area contributed by atoms with E-state index in [0.29, 0.717) is 22.6 Å². The first-order chi connectivity index (χ1) is 20.4. The highest BCUT2D eigenvalue weighted by Crippen LogP contribution is 2.22. The number of rotatable bonds is 6. The summed E-state index contributed by atoms with van der Waals surface area (Å²) >= 11 is 6.42. The highest BCUT2D eigenvalue weighted by molar-refractivity contribution is 6.33. The molecule has 1 saturated heterocycles. The van der Waals surface area contributed by atoms with E-state index in [1.54, 1.807) is 54.7 Å². The van der Waals surface area contributed by atoms with E-state index in [4.69, 9.17) is 21.5 Å². The molecule has 0 spiro atoms. The Hall–Kier alpha value is -4.63. The van der Waals surface area contributed by atoms with Crippen molar-refractivity contribution in [2.75, 3.05) is 48.8 Å². The van der Waals surface area contributed by atoms with Crippen LogP contribution in [-0.2, 0) is 16.1 Å². The number of amides is 2. The van der Waals surface area contributed by atoms with Crippen LogP contribution in [-0.4, -0.2) is 72.3 Å². The number of anilines is 3. The van der Waals surface area contributed by atoms with E-state index >= 15 is 0 Å². The third kappa shape index (κ3) is 9.72. The number of nitrogens with one attached hydrogen (secondary N) is 3. The van der Waals surface area contributed by atoms with Gasteiger partial charge in [0.1, 0.15) is 5.02 Å². The van der Waals surface area contributed by atoms with Crippen LogP contribution in [0.4, 0.5) is 35.0 Å². The summed E-state index contributed by atoms with van der Waals surface area (Å²) in [6.07, 6.45) is -2.47. The van der Waals surface area contributed by atoms with E-state index in [0.717, 1.165) is 38.2 Å². The average Bonchev–Trinajstić information content (AvgIpc) is 3.26. The summed E-state index contributed by atoms with van der Waals surface area (Å²) in [6, 6.07) is 13.0. The highest BCUT2D eigenvalue weighted by atomic mass is 35.5. The number of carboxylic acid groups (broad SMARTS) is 1. The largest absolute Gasteiger partial charge is 0.490 e. The number of hydrogen-bond acceptors (Lipinski definition) is 8. The Morgan fingerprint density at radius 2 is 1.60 bits per heavy atom. The fraction of sp³-hybridized carbons (Fsp3) is 0.296. The van der Waals surface area contributed by atoms with Crippen molar-refractivity contribution in [3.05, 3.63) is 81.2 Å². The summed E-state index contributed by atoms with van der Waals surface area (Å²) in [7, 11) is 1.31. The third-order valence-corrected chi connectivity index (χ3v) is 6.35. The number of aliphatic carboxylic acids is 1. The van der Waals surface area contributed by atoms with Crippen molar-refractivity contribution >= 4 is 46.6 Å². The van der Waals surface area contributed by atoms with Crippen molar-refractivity contribution in [3.63, 3.8) is 0 Å². The Morgan fingerprint density at radius 1 is 1.02 bits per heavy atom. The molecule has 1 aromatic heterocycles. The van der Waals surface area contributed by atoms with Crippen LogP contribution < -0.4 is 26.4 Å². The van der Waals surface area contributed by atoms with Crippen LogP contribution in [0.1, 0.15) is 22.3 Å². The van der Waals surface area contributed by atoms with Gasteiger partial charge in [0, 0.05) is 31.0 Å². The summed E-state index contributed by atoms with van der Waals surface area (Å²) in [5.41, 5.74) is 2.64. The maximum Gasteiger partial charge on any atom is 0.490 e. The summed E-state index contributed by atoms with van der Waals surface area (Å²) in [5.74, 6) is -3.20. The summed E-state index contributed by atoms with van der Waals surface area (Å²) < 4.78 is 37.7. The predicted octanol–water partition coefficient (Wildman–Crippen LogP) is 3.81. The van der Waals surface area contributed by atoms with Gasteiger partial charge in [0.25, 0.3) is 5.56 Å². The minimum absolute atomic E-state index is 0.168. The quantitative estimate of drug-likeness (QED) is 0.300. The van der Waals surface area contributed by atoms with Gasteiger partial charge in [-0.05, 0) is 54.9 Å². The van der Waals surface area contributed by atoms with Gasteiger partial charge >= 0.3 is 24.1 Å². The molecule has 0 atom stereocenters. The lowest BCUT2D eigenvalue weighted by Crippen LogP contribution is -2.32. The lowest BCUT2D eigenvalue weighted by molar-refractivity contribution is -0.192. The monoisotopic (exact) mass is 624 g/mol. The van der Waals surface area contributed by atoms with Crippen molar-refractivity contribution < 1.29 is 37.4 Å². The molecule has 0 unspecified atom stereocenters. The molecule has 12 nitrogen and oxygen atoms in total. The Kier molecular flexibility index (Phi) is 11.5. The van der Waals surface area contributed by atoms with Gasteiger partial charge < -0.3 is 30.7 Å². The molecule has 1 aliphatic heterocycles. The smallest absolute Gasteiger partial charge is 0.475 e. The molecule has 2 aromatic carbocycles. The number of nitrogens with zero attached hydrogens (tertiary/aromatic N) is 3. The molecule has 0 saturated carbocycles. The number of aromatic nitrogens is 2. The highest BCUT2D eigenvalue weighted by Gasteiger charge is 2.38. The third-order valence-electron chi connectivity index (χ3n) is 6.00. The molecule has 1 fully saturated rings. The van der Waals surface area contributed by atoms with E-state index in [2.05, 4.69) is 30.7 Å². The van der Waals surface area contributed by atoms with Crippen molar-refractivity contribution in [2.24, 2.45) is 0 Å². The Morgan fingerprint density at radius 3 is 2.16 bits per heavy atom. The zero-order chi connectivity index (χ0) is 31.6. The van der Waals surface area contributed by atoms with Crippen molar-refractivity contribution in [1.29, 1.82) is 0 Å². The standard InChI is InChI=1S/C25H27ClN6O4.C2HF3O2/c1-36-24(34)18-5-9-20(10-6-18)30-25(35)29-19-7-3-17(4-8-19)16-32-23(33)22(26)21(15-28-32)31-13-2-11-27-12-14-31;3-2(4,5)1(6)7/h3-10,15,27H,2,11-14,16H2,1H3,(H2,29,30,35);(H,6,7). The molecule has 3 aromatic rings. The van der Waals surface area contributed by atoms with Crippen LogP contribution in [0, 0.1) is 0 Å². The van der Waals surface area contributed by atoms with Gasteiger partial charge in [-0.1, -0.05) is 23.7 Å². The second-order valence-corrected chi connectivity index (χ2v) is 9.42. The van der Waals surface area contributed by atoms with E-state index < -0.39 is 24.1 Å². The number of hydrogen-bond donors (Lipinski definition) is 4. The number of esters is 1. The maximum absolute atomic E-state index is 12.8. The molecule has 2 amide bonds. The Labute approximate surface area is 248 Å². The molecule has 43 heavy (non-hydrogen) atoms. The molecule has 2 heterocycles. The van der Waals surface area contributed by atoms with E-state index in [1.165, 1.54) is 11.8 Å². The van der Waals surface area contributed by atoms with Crippen LogP contribution in [0.3, 0.4) is 0 Å². The minimum Gasteiger partial charge on any atom is -0.475 e. The lowest BCUT2D eigenvalue weighted by Gasteiger charge is -2.23. The van der Waals surface area contributed by atoms with Crippen LogP contribution >= 0.6 is 11.6 Å². The molecular weight excluding hydrogens is 597 g/mol. The number of benzene rings is 2. The first-order valence-electron chi connectivity index (χ1n) is 12.8. The van der Waals surface area contributed by atoms with Crippen molar-refractivity contribution in [2.45, 2.75) is 19.1 Å². The van der Waals surface area contributed by atoms with Crippen LogP contribution in [0.2, 0.25) is 5.02 Å². The number of urea groups is 1. The first kappa shape index (κ1) is 32.9. The maximum atomic E-state index is 12.8. The predicted molar refractivity (Wildman–Crippen MR) is 153 cm³/mol. The number of alkyl halides is 3. The summed E-state index contributed by atoms with van der Waals surface area (Å²) in [4.78, 5) is 47.6. The number of carbonyl (C=O) groups excluding carboxylic acids is 2. The molecule has 0 bridgehead atoms. The topological polar surface area (TPSA) is 155 Å². The van der Waals surface area contributed by atoms with Crippen molar-refractivity contribution in [1.82, 2.24) is 15.1 Å². The van der Waals surface area contributed by atoms with E-state index in [9.17, 15) is 27.6 Å². The molecule has 0 aliphatic carbocycles. The van der Waals surface area contributed by atoms with Crippen LogP contribution in [0.25, 0.3) is 0 Å². The summed E-state index contributed by atoms with van der Waals surface area (Å²) in [5, 5.41) is 20.4. The van der Waals surface area contributed by atoms with Gasteiger partial charge in [0.15, 0.2) is 0 Å². The van der Waals surface area contributed by atoms with Gasteiger partial charge in [-0.2, -0.15) is 18.3 Å². The fourth-order valence-electron chi connectivity index (χ4n) is 3.84. The average molecular weight is 625 g/mol. The Bertz CT molecular complexity index is 1470. The molecular formula is C27H28ClF3N6O6. The number of halogens is 4. The number of carboxylic acids is 1. The minimum atomic E-state index is -5.08. The second-order valence-electron chi connectivity index (χ2n) is 9.05. The molecule has 1 aliphatic rings. The normalized spacial score (nSPS) is 13.2. The van der Waals surface area contributed by atoms with Gasteiger partial charge in [-0.3, -0.25) is 4.79 Å². The SMILES string of the molecule is COC(=O)c1ccc(NC(=O)Nc2ccc(Cn3ncc(N4CCCNCC4)c(Cl)c3=O)cc2)cc1.O=C(O)C(F)(F)F. The molecule has 0 radical (unpaired) electrons. The first-order valence-corrected chi connectivity index (χ1v) is 13.1. The van der Waals surface area contributed by atoms with Gasteiger partial charge in [0.05, 0.1) is 31.1 Å². The van der Waals surface area contributed by atoms with E-state index in [1.807, 2.05) is 0 Å². The van der Waals surface area contributed by atoms with Crippen LogP contribution in [0.5, 0.6) is 0 Å². The Balaban J connectivity index is 0.000000646. The number of methoxy groups -OCH3 is 1. The second kappa shape index (κ2) is 15.0. The van der Waals surface area contributed by atoms with E-state index in [-0.39, 0.29) is 17.1 Å². The molecule has 230 valence electrons. The number of carbonyl (C=O) groups is 3. The van der Waals surface area contributed by atoms with Gasteiger partial charge in [-0.15, -0.1) is 0 Å². The fourth-order valence-corrected chi connectivity index (χ4v) is 4.11.